The van der Waals surface area contributed by atoms with Crippen LogP contribution in [0.1, 0.15) is 21.7 Å². The van der Waals surface area contributed by atoms with Crippen molar-refractivity contribution in [2.24, 2.45) is 0 Å². The van der Waals surface area contributed by atoms with Crippen molar-refractivity contribution in [2.75, 3.05) is 6.54 Å². The number of alkyl halides is 3. The number of hydrogen-bond acceptors (Lipinski definition) is 4. The molecule has 0 amide bonds. The van der Waals surface area contributed by atoms with Crippen LogP contribution in [0, 0.1) is 0 Å². The average Bonchev–Trinajstić information content (AvgIpc) is 2.94. The number of rotatable bonds is 2. The van der Waals surface area contributed by atoms with Gasteiger partial charge in [0.15, 0.2) is 5.69 Å². The van der Waals surface area contributed by atoms with Crippen LogP contribution in [0.25, 0.3) is 5.69 Å². The summed E-state index contributed by atoms with van der Waals surface area (Å²) in [6, 6.07) is 7.70. The summed E-state index contributed by atoms with van der Waals surface area (Å²) in [7, 11) is 0. The van der Waals surface area contributed by atoms with Crippen LogP contribution in [0.3, 0.4) is 0 Å². The fourth-order valence-electron chi connectivity index (χ4n) is 2.34. The number of carbonyl (C=O) groups is 2. The number of aromatic carboxylic acids is 1. The van der Waals surface area contributed by atoms with Crippen LogP contribution in [0.15, 0.2) is 28.7 Å². The van der Waals surface area contributed by atoms with E-state index in [9.17, 15) is 23.1 Å². The summed E-state index contributed by atoms with van der Waals surface area (Å²) >= 11 is 3.42. The van der Waals surface area contributed by atoms with Gasteiger partial charge in [-0.2, -0.15) is 18.3 Å². The van der Waals surface area contributed by atoms with Crippen molar-refractivity contribution in [3.8, 4) is 5.69 Å². The summed E-state index contributed by atoms with van der Waals surface area (Å²) in [6.07, 6.45) is -4.30. The quantitative estimate of drug-likeness (QED) is 0.669. The van der Waals surface area contributed by atoms with E-state index in [2.05, 4.69) is 26.3 Å². The minimum Gasteiger partial charge on any atom is -0.476 e. The van der Waals surface area contributed by atoms with Gasteiger partial charge in [-0.25, -0.2) is 14.3 Å². The molecule has 0 atom stereocenters. The third kappa shape index (κ3) is 4.61. The summed E-state index contributed by atoms with van der Waals surface area (Å²) in [5.74, 6) is -3.74. The van der Waals surface area contributed by atoms with Crippen LogP contribution in [0.4, 0.5) is 13.2 Å². The van der Waals surface area contributed by atoms with Crippen molar-refractivity contribution in [3.05, 3.63) is 45.7 Å². The van der Waals surface area contributed by atoms with Gasteiger partial charge in [0.05, 0.1) is 11.4 Å². The van der Waals surface area contributed by atoms with Gasteiger partial charge in [0, 0.05) is 29.5 Å². The second-order valence-electron chi connectivity index (χ2n) is 5.20. The van der Waals surface area contributed by atoms with E-state index in [1.807, 2.05) is 24.3 Å². The third-order valence-corrected chi connectivity index (χ3v) is 3.92. The summed E-state index contributed by atoms with van der Waals surface area (Å²) in [5.41, 5.74) is 2.79. The number of nitrogens with one attached hydrogen (secondary N) is 1. The van der Waals surface area contributed by atoms with Gasteiger partial charge in [-0.3, -0.25) is 0 Å². The number of hydrogen-bond donors (Lipinski definition) is 3. The maximum absolute atomic E-state index is 11.3. The molecule has 2 aromatic rings. The Hall–Kier alpha value is -2.40. The van der Waals surface area contributed by atoms with E-state index in [1.165, 1.54) is 0 Å². The molecule has 0 bridgehead atoms. The average molecular weight is 436 g/mol. The molecule has 0 spiro atoms. The minimum absolute atomic E-state index is 0.141. The molecule has 1 aromatic heterocycles. The predicted octanol–water partition coefficient (Wildman–Crippen LogP) is 2.61. The highest BCUT2D eigenvalue weighted by Crippen LogP contribution is 2.23. The number of carboxylic acid groups (broad SMARTS) is 2. The molecule has 11 heteroatoms. The van der Waals surface area contributed by atoms with E-state index >= 15 is 0 Å². The topological polar surface area (TPSA) is 104 Å². The van der Waals surface area contributed by atoms with Crippen molar-refractivity contribution in [3.63, 3.8) is 0 Å². The molecular weight excluding hydrogens is 423 g/mol. The van der Waals surface area contributed by atoms with Crippen molar-refractivity contribution >= 4 is 27.9 Å². The fourth-order valence-corrected chi connectivity index (χ4v) is 2.73. The molecule has 1 aliphatic heterocycles. The van der Waals surface area contributed by atoms with Gasteiger partial charge in [0.2, 0.25) is 0 Å². The molecule has 0 aliphatic carbocycles. The monoisotopic (exact) mass is 435 g/mol. The molecular formula is C15H13BrF3N3O4. The molecule has 2 heterocycles. The Kier molecular flexibility index (Phi) is 6.03. The first kappa shape index (κ1) is 19.9. The van der Waals surface area contributed by atoms with Crippen molar-refractivity contribution in [1.29, 1.82) is 0 Å². The maximum atomic E-state index is 11.3. The van der Waals surface area contributed by atoms with Crippen molar-refractivity contribution in [1.82, 2.24) is 15.1 Å². The summed E-state index contributed by atoms with van der Waals surface area (Å²) in [5, 5.41) is 23.8. The molecule has 1 aromatic carbocycles. The van der Waals surface area contributed by atoms with Crippen LogP contribution in [0.5, 0.6) is 0 Å². The molecule has 0 radical (unpaired) electrons. The third-order valence-electron chi connectivity index (χ3n) is 3.43. The maximum Gasteiger partial charge on any atom is 0.490 e. The molecule has 0 saturated heterocycles. The number of fused-ring (bicyclic) bond motifs is 1. The van der Waals surface area contributed by atoms with E-state index in [0.717, 1.165) is 34.4 Å². The minimum atomic E-state index is -5.08. The molecule has 0 saturated carbocycles. The first-order valence-electron chi connectivity index (χ1n) is 7.22. The Morgan fingerprint density at radius 1 is 1.27 bits per heavy atom. The Morgan fingerprint density at radius 2 is 1.92 bits per heavy atom. The van der Waals surface area contributed by atoms with Crippen molar-refractivity contribution in [2.45, 2.75) is 19.1 Å². The van der Waals surface area contributed by atoms with Gasteiger partial charge in [0.25, 0.3) is 0 Å². The summed E-state index contributed by atoms with van der Waals surface area (Å²) in [6.45, 7) is 1.40. The molecule has 26 heavy (non-hydrogen) atoms. The molecule has 7 nitrogen and oxygen atoms in total. The largest absolute Gasteiger partial charge is 0.490 e. The van der Waals surface area contributed by atoms with Gasteiger partial charge in [-0.1, -0.05) is 22.0 Å². The molecule has 140 valence electrons. The first-order valence-corrected chi connectivity index (χ1v) is 8.01. The Bertz CT molecular complexity index is 836. The fraction of sp³-hybridized carbons (Fsp3) is 0.267. The van der Waals surface area contributed by atoms with E-state index in [0.29, 0.717) is 6.54 Å². The zero-order valence-corrected chi connectivity index (χ0v) is 14.6. The van der Waals surface area contributed by atoms with Crippen LogP contribution >= 0.6 is 15.9 Å². The SMILES string of the molecule is O=C(O)C(F)(F)F.O=C(O)c1nn(-c2cccc(Br)c2)c2c1CNCC2. The molecule has 3 N–H and O–H groups in total. The van der Waals surface area contributed by atoms with E-state index < -0.39 is 18.1 Å². The van der Waals surface area contributed by atoms with Crippen LogP contribution in [-0.2, 0) is 17.8 Å². The second-order valence-corrected chi connectivity index (χ2v) is 6.12. The Balaban J connectivity index is 0.000000298. The number of halogens is 4. The molecule has 1 aliphatic rings. The van der Waals surface area contributed by atoms with Crippen molar-refractivity contribution < 1.29 is 33.0 Å². The lowest BCUT2D eigenvalue weighted by molar-refractivity contribution is -0.192. The second kappa shape index (κ2) is 7.87. The predicted molar refractivity (Wildman–Crippen MR) is 87.3 cm³/mol. The lowest BCUT2D eigenvalue weighted by Crippen LogP contribution is -2.25. The van der Waals surface area contributed by atoms with E-state index in [-0.39, 0.29) is 5.69 Å². The Morgan fingerprint density at radius 3 is 2.46 bits per heavy atom. The molecule has 0 fully saturated rings. The van der Waals surface area contributed by atoms with Gasteiger partial charge in [0.1, 0.15) is 0 Å². The summed E-state index contributed by atoms with van der Waals surface area (Å²) < 4.78 is 34.4. The number of aromatic nitrogens is 2. The van der Waals surface area contributed by atoms with E-state index in [1.54, 1.807) is 4.68 Å². The highest BCUT2D eigenvalue weighted by atomic mass is 79.9. The normalized spacial score (nSPS) is 13.4. The van der Waals surface area contributed by atoms with Gasteiger partial charge in [-0.15, -0.1) is 0 Å². The first-order chi connectivity index (χ1) is 12.1. The number of benzene rings is 1. The summed E-state index contributed by atoms with van der Waals surface area (Å²) in [4.78, 5) is 20.2. The van der Waals surface area contributed by atoms with E-state index in [4.69, 9.17) is 9.90 Å². The Labute approximate surface area is 153 Å². The lowest BCUT2D eigenvalue weighted by atomic mass is 10.1. The smallest absolute Gasteiger partial charge is 0.476 e. The van der Waals surface area contributed by atoms with Crippen LogP contribution in [-0.4, -0.2) is 44.7 Å². The molecule has 0 unspecified atom stereocenters. The standard InChI is InChI=1S/C13H12BrN3O2.C2HF3O2/c14-8-2-1-3-9(6-8)17-11-4-5-15-7-10(11)12(16-17)13(18)19;3-2(4,5)1(6)7/h1-3,6,15H,4-5,7H2,(H,18,19);(H,6,7). The van der Waals surface area contributed by atoms with Crippen LogP contribution < -0.4 is 5.32 Å². The molecule has 3 rings (SSSR count). The zero-order valence-electron chi connectivity index (χ0n) is 13.0. The highest BCUT2D eigenvalue weighted by molar-refractivity contribution is 9.10. The highest BCUT2D eigenvalue weighted by Gasteiger charge is 2.38. The number of aliphatic carboxylic acids is 1. The number of carboxylic acids is 2. The lowest BCUT2D eigenvalue weighted by Gasteiger charge is -2.15. The zero-order chi connectivity index (χ0) is 19.5. The van der Waals surface area contributed by atoms with Gasteiger partial charge >= 0.3 is 18.1 Å². The number of nitrogens with zero attached hydrogens (tertiary/aromatic N) is 2. The van der Waals surface area contributed by atoms with Gasteiger partial charge < -0.3 is 15.5 Å². The van der Waals surface area contributed by atoms with Gasteiger partial charge in [-0.05, 0) is 18.2 Å². The van der Waals surface area contributed by atoms with Crippen LogP contribution in [0.2, 0.25) is 0 Å².